The number of hydrogen-bond donors (Lipinski definition) is 6. The highest BCUT2D eigenvalue weighted by Gasteiger charge is 2.31. The molecule has 11 nitrogen and oxygen atoms in total. The van der Waals surface area contributed by atoms with Gasteiger partial charge in [-0.2, -0.15) is 23.5 Å². The van der Waals surface area contributed by atoms with E-state index in [1.54, 1.807) is 0 Å². The molecule has 13 heteroatoms. The highest BCUT2D eigenvalue weighted by atomic mass is 32.2. The number of aromatic amines is 1. The molecule has 198 valence electrons. The first-order valence-corrected chi connectivity index (χ1v) is 14.3. The first-order chi connectivity index (χ1) is 16.6. The molecule has 0 fully saturated rings. The number of aromatic nitrogens is 2. The van der Waals surface area contributed by atoms with Crippen molar-refractivity contribution < 1.29 is 24.3 Å². The monoisotopic (exact) mass is 530 g/mol. The van der Waals surface area contributed by atoms with Crippen molar-refractivity contribution in [2.24, 2.45) is 11.7 Å². The topological polar surface area (TPSA) is 179 Å². The van der Waals surface area contributed by atoms with Crippen LogP contribution in [0.2, 0.25) is 0 Å². The molecule has 1 aromatic heterocycles. The molecule has 0 spiro atoms. The highest BCUT2D eigenvalue weighted by molar-refractivity contribution is 7.98. The van der Waals surface area contributed by atoms with E-state index in [1.165, 1.54) is 36.0 Å². The Hall–Kier alpha value is -2.25. The third-order valence-corrected chi connectivity index (χ3v) is 6.93. The van der Waals surface area contributed by atoms with Crippen LogP contribution < -0.4 is 21.7 Å². The number of hydrogen-bond acceptors (Lipinski definition) is 8. The number of nitrogens with one attached hydrogen (secondary N) is 4. The van der Waals surface area contributed by atoms with Gasteiger partial charge >= 0.3 is 5.97 Å². The Morgan fingerprint density at radius 3 is 1.94 bits per heavy atom. The van der Waals surface area contributed by atoms with E-state index in [9.17, 15) is 24.3 Å². The molecule has 0 radical (unpaired) electrons. The van der Waals surface area contributed by atoms with Crippen molar-refractivity contribution >= 4 is 47.2 Å². The Kier molecular flexibility index (Phi) is 14.4. The Bertz CT molecular complexity index is 810. The molecule has 1 aromatic rings. The summed E-state index contributed by atoms with van der Waals surface area (Å²) in [4.78, 5) is 57.1. The molecule has 0 aliphatic rings. The maximum Gasteiger partial charge on any atom is 0.326 e. The van der Waals surface area contributed by atoms with Crippen LogP contribution in [-0.4, -0.2) is 86.9 Å². The number of imidazole rings is 1. The van der Waals surface area contributed by atoms with Crippen LogP contribution in [0.15, 0.2) is 12.5 Å². The molecule has 3 amide bonds. The lowest BCUT2D eigenvalue weighted by molar-refractivity contribution is -0.142. The smallest absolute Gasteiger partial charge is 0.326 e. The SMILES string of the molecule is CCC(C)C(N)C(=O)NC(CCSC)C(=O)NC(CCSC)C(=O)NC(Cc1cnc[nH]1)C(=O)O. The molecule has 0 aliphatic carbocycles. The van der Waals surface area contributed by atoms with Gasteiger partial charge in [-0.05, 0) is 42.8 Å². The molecule has 1 heterocycles. The van der Waals surface area contributed by atoms with Crippen molar-refractivity contribution in [2.45, 2.75) is 63.7 Å². The minimum absolute atomic E-state index is 0.0180. The van der Waals surface area contributed by atoms with Crippen LogP contribution in [0, 0.1) is 5.92 Å². The van der Waals surface area contributed by atoms with Gasteiger partial charge in [0, 0.05) is 18.3 Å². The number of amides is 3. The van der Waals surface area contributed by atoms with Crippen LogP contribution in [0.4, 0.5) is 0 Å². The standard InChI is InChI=1S/C22H38N6O5S2/c1-5-13(2)18(23)21(31)27-16(7-9-35-4)19(29)26-15(6-8-34-3)20(30)28-17(22(32)33)10-14-11-24-12-25-14/h11-13,15-18H,5-10,23H2,1-4H3,(H,24,25)(H,26,29)(H,27,31)(H,28,30)(H,32,33). The van der Waals surface area contributed by atoms with Crippen molar-refractivity contribution in [3.63, 3.8) is 0 Å². The highest BCUT2D eigenvalue weighted by Crippen LogP contribution is 2.09. The second-order valence-electron chi connectivity index (χ2n) is 8.28. The van der Waals surface area contributed by atoms with E-state index in [2.05, 4.69) is 25.9 Å². The van der Waals surface area contributed by atoms with Crippen LogP contribution in [0.5, 0.6) is 0 Å². The van der Waals surface area contributed by atoms with Crippen LogP contribution in [0.25, 0.3) is 0 Å². The molecule has 35 heavy (non-hydrogen) atoms. The van der Waals surface area contributed by atoms with Crippen LogP contribution >= 0.6 is 23.5 Å². The summed E-state index contributed by atoms with van der Waals surface area (Å²) < 4.78 is 0. The van der Waals surface area contributed by atoms with Gasteiger partial charge in [0.25, 0.3) is 0 Å². The minimum atomic E-state index is -1.20. The molecule has 0 saturated heterocycles. The molecule has 5 atom stereocenters. The predicted molar refractivity (Wildman–Crippen MR) is 139 cm³/mol. The van der Waals surface area contributed by atoms with Gasteiger partial charge in [-0.3, -0.25) is 14.4 Å². The van der Waals surface area contributed by atoms with Gasteiger partial charge in [0.2, 0.25) is 17.7 Å². The summed E-state index contributed by atoms with van der Waals surface area (Å²) in [5.74, 6) is -1.61. The molecular weight excluding hydrogens is 492 g/mol. The first kappa shape index (κ1) is 30.8. The summed E-state index contributed by atoms with van der Waals surface area (Å²) in [5.41, 5.74) is 6.58. The molecule has 0 aliphatic heterocycles. The van der Waals surface area contributed by atoms with Crippen molar-refractivity contribution in [2.75, 3.05) is 24.0 Å². The number of carbonyl (C=O) groups excluding carboxylic acids is 3. The van der Waals surface area contributed by atoms with Gasteiger partial charge in [-0.1, -0.05) is 20.3 Å². The fourth-order valence-corrected chi connectivity index (χ4v) is 4.09. The average Bonchev–Trinajstić information content (AvgIpc) is 3.35. The summed E-state index contributed by atoms with van der Waals surface area (Å²) in [5, 5.41) is 17.5. The number of nitrogens with two attached hydrogens (primary N) is 1. The van der Waals surface area contributed by atoms with Crippen molar-refractivity contribution in [3.05, 3.63) is 18.2 Å². The summed E-state index contributed by atoms with van der Waals surface area (Å²) >= 11 is 3.02. The van der Waals surface area contributed by atoms with Crippen LogP contribution in [0.1, 0.15) is 38.8 Å². The van der Waals surface area contributed by atoms with E-state index < -0.39 is 47.9 Å². The fraction of sp³-hybridized carbons (Fsp3) is 0.682. The molecule has 7 N–H and O–H groups in total. The lowest BCUT2D eigenvalue weighted by atomic mass is 9.99. The van der Waals surface area contributed by atoms with Gasteiger partial charge in [0.05, 0.1) is 12.4 Å². The number of carboxylic acids is 1. The normalized spacial score (nSPS) is 15.3. The number of nitrogens with zero attached hydrogens (tertiary/aromatic N) is 1. The van der Waals surface area contributed by atoms with E-state index in [4.69, 9.17) is 5.73 Å². The number of carbonyl (C=O) groups is 4. The molecule has 0 aromatic carbocycles. The molecule has 0 bridgehead atoms. The zero-order valence-corrected chi connectivity index (χ0v) is 22.3. The molecule has 0 saturated carbocycles. The van der Waals surface area contributed by atoms with Crippen LogP contribution in [-0.2, 0) is 25.6 Å². The zero-order valence-electron chi connectivity index (χ0n) is 20.7. The van der Waals surface area contributed by atoms with Gasteiger partial charge in [0.1, 0.15) is 18.1 Å². The fourth-order valence-electron chi connectivity index (χ4n) is 3.15. The Labute approximate surface area is 214 Å². The van der Waals surface area contributed by atoms with Gasteiger partial charge in [0.15, 0.2) is 0 Å². The lowest BCUT2D eigenvalue weighted by Gasteiger charge is -2.26. The maximum absolute atomic E-state index is 13.1. The summed E-state index contributed by atoms with van der Waals surface area (Å²) in [6.45, 7) is 3.80. The van der Waals surface area contributed by atoms with E-state index in [0.717, 1.165) is 6.42 Å². The van der Waals surface area contributed by atoms with Gasteiger partial charge < -0.3 is 31.8 Å². The maximum atomic E-state index is 13.1. The first-order valence-electron chi connectivity index (χ1n) is 11.5. The van der Waals surface area contributed by atoms with E-state index in [-0.39, 0.29) is 12.3 Å². The van der Waals surface area contributed by atoms with E-state index in [0.29, 0.717) is 30.0 Å². The third kappa shape index (κ3) is 10.9. The lowest BCUT2D eigenvalue weighted by Crippen LogP contribution is -2.58. The van der Waals surface area contributed by atoms with Crippen LogP contribution in [0.3, 0.4) is 0 Å². The predicted octanol–water partition coefficient (Wildman–Crippen LogP) is 0.371. The Balaban J connectivity index is 2.94. The third-order valence-electron chi connectivity index (χ3n) is 5.64. The number of carboxylic acid groups (broad SMARTS) is 1. The summed E-state index contributed by atoms with van der Waals surface area (Å²) in [6.07, 6.45) is 8.06. The number of aliphatic carboxylic acids is 1. The van der Waals surface area contributed by atoms with Crippen molar-refractivity contribution in [1.82, 2.24) is 25.9 Å². The minimum Gasteiger partial charge on any atom is -0.480 e. The number of H-pyrrole nitrogens is 1. The van der Waals surface area contributed by atoms with E-state index >= 15 is 0 Å². The quantitative estimate of drug-likeness (QED) is 0.166. The average molecular weight is 531 g/mol. The van der Waals surface area contributed by atoms with E-state index in [1.807, 2.05) is 26.4 Å². The van der Waals surface area contributed by atoms with Crippen molar-refractivity contribution in [1.29, 1.82) is 0 Å². The second kappa shape index (κ2) is 16.4. The molecular formula is C22H38N6O5S2. The Morgan fingerprint density at radius 1 is 1.00 bits per heavy atom. The largest absolute Gasteiger partial charge is 0.480 e. The molecule has 1 rings (SSSR count). The Morgan fingerprint density at radius 2 is 1.51 bits per heavy atom. The zero-order chi connectivity index (χ0) is 26.4. The van der Waals surface area contributed by atoms with Gasteiger partial charge in [-0.15, -0.1) is 0 Å². The van der Waals surface area contributed by atoms with Gasteiger partial charge in [-0.25, -0.2) is 9.78 Å². The number of thioether (sulfide) groups is 2. The molecule has 5 unspecified atom stereocenters. The van der Waals surface area contributed by atoms with Crippen molar-refractivity contribution in [3.8, 4) is 0 Å². The second-order valence-corrected chi connectivity index (χ2v) is 10.2. The summed E-state index contributed by atoms with van der Waals surface area (Å²) in [7, 11) is 0. The number of rotatable bonds is 17. The summed E-state index contributed by atoms with van der Waals surface area (Å²) in [6, 6.07) is -3.78.